The molecule has 1 unspecified atom stereocenters. The van der Waals surface area contributed by atoms with Crippen molar-refractivity contribution in [2.75, 3.05) is 19.8 Å². The minimum atomic E-state index is -1.03. The SMILES string of the molecule is CCCCCCCCCCCCCCCC(=O)NC(CO)(CCCCCCCCCCCCCC)CO[C@H]1O[C@H](COCc2ccccc2)[C@@H](OCc2ccccc2)[C@H](OCc2ccccc2)[C@@H]1OCc1ccccc1. The molecule has 422 valence electrons. The van der Waals surface area contributed by atoms with Gasteiger partial charge in [0.15, 0.2) is 6.29 Å². The zero-order chi connectivity index (χ0) is 53.4. The van der Waals surface area contributed by atoms with Gasteiger partial charge in [0.05, 0.1) is 51.8 Å². The molecule has 2 N–H and O–H groups in total. The number of aliphatic hydroxyl groups excluding tert-OH is 1. The lowest BCUT2D eigenvalue weighted by molar-refractivity contribution is -0.331. The molecule has 0 spiro atoms. The summed E-state index contributed by atoms with van der Waals surface area (Å²) >= 11 is 0. The van der Waals surface area contributed by atoms with Crippen molar-refractivity contribution in [1.29, 1.82) is 0 Å². The van der Waals surface area contributed by atoms with E-state index in [-0.39, 0.29) is 32.3 Å². The minimum Gasteiger partial charge on any atom is -0.394 e. The van der Waals surface area contributed by atoms with Gasteiger partial charge in [-0.15, -0.1) is 0 Å². The van der Waals surface area contributed by atoms with E-state index >= 15 is 0 Å². The molecule has 0 saturated carbocycles. The van der Waals surface area contributed by atoms with Gasteiger partial charge in [0.2, 0.25) is 5.91 Å². The van der Waals surface area contributed by atoms with E-state index in [1.165, 1.54) is 122 Å². The van der Waals surface area contributed by atoms with E-state index in [4.69, 9.17) is 28.4 Å². The molecule has 9 heteroatoms. The predicted octanol–water partition coefficient (Wildman–Crippen LogP) is 16.1. The summed E-state index contributed by atoms with van der Waals surface area (Å²) in [6, 6.07) is 40.5. The van der Waals surface area contributed by atoms with Gasteiger partial charge in [0.1, 0.15) is 24.4 Å². The lowest BCUT2D eigenvalue weighted by atomic mass is 9.92. The third-order valence-corrected chi connectivity index (χ3v) is 15.1. The molecule has 1 aliphatic heterocycles. The van der Waals surface area contributed by atoms with Crippen LogP contribution in [0.1, 0.15) is 209 Å². The standard InChI is InChI=1S/C67H101NO8/c1-3-5-7-9-11-13-15-17-18-20-22-24-38-48-62(70)68-67(55-69,49-39-25-23-21-19-16-14-12-10-8-6-4-2)56-75-66-65(74-53-60-46-36-29-37-47-60)64(73-52-59-44-34-28-35-45-59)63(72-51-58-42-32-27-33-43-58)61(76-66)54-71-50-57-40-30-26-31-41-57/h26-37,40-47,61,63-66,69H,3-25,38-39,48-56H2,1-2H3,(H,68,70)/t61-,63-,64+,65+,66+,67?/m1/s1. The van der Waals surface area contributed by atoms with Gasteiger partial charge in [0.25, 0.3) is 0 Å². The quantitative estimate of drug-likeness (QED) is 0.0422. The Labute approximate surface area is 460 Å². The molecule has 6 atom stereocenters. The number of ether oxygens (including phenoxy) is 6. The van der Waals surface area contributed by atoms with Crippen LogP contribution in [0.4, 0.5) is 0 Å². The van der Waals surface area contributed by atoms with Crippen LogP contribution < -0.4 is 5.32 Å². The molecule has 1 amide bonds. The number of carbonyl (C=O) groups excluding carboxylic acids is 1. The Hall–Kier alpha value is -3.93. The van der Waals surface area contributed by atoms with Gasteiger partial charge < -0.3 is 38.8 Å². The minimum absolute atomic E-state index is 0.0281. The smallest absolute Gasteiger partial charge is 0.220 e. The third kappa shape index (κ3) is 26.1. The molecule has 1 fully saturated rings. The number of hydrogen-bond acceptors (Lipinski definition) is 8. The monoisotopic (exact) mass is 1050 g/mol. The molecule has 0 aromatic heterocycles. The molecule has 1 heterocycles. The summed E-state index contributed by atoms with van der Waals surface area (Å²) in [5.74, 6) is -0.0493. The summed E-state index contributed by atoms with van der Waals surface area (Å²) < 4.78 is 41.3. The van der Waals surface area contributed by atoms with Crippen molar-refractivity contribution in [3.63, 3.8) is 0 Å². The molecule has 4 aromatic rings. The van der Waals surface area contributed by atoms with Crippen LogP contribution in [0.2, 0.25) is 0 Å². The third-order valence-electron chi connectivity index (χ3n) is 15.1. The van der Waals surface area contributed by atoms with Crippen molar-refractivity contribution in [1.82, 2.24) is 5.32 Å². The van der Waals surface area contributed by atoms with E-state index in [0.717, 1.165) is 60.8 Å². The van der Waals surface area contributed by atoms with Crippen LogP contribution in [0.15, 0.2) is 121 Å². The maximum Gasteiger partial charge on any atom is 0.220 e. The van der Waals surface area contributed by atoms with Crippen LogP contribution in [-0.2, 0) is 59.6 Å². The molecule has 1 saturated heterocycles. The fourth-order valence-electron chi connectivity index (χ4n) is 10.4. The number of nitrogens with one attached hydrogen (secondary N) is 1. The fraction of sp³-hybridized carbons (Fsp3) is 0.627. The summed E-state index contributed by atoms with van der Waals surface area (Å²) in [6.07, 6.45) is 28.3. The van der Waals surface area contributed by atoms with E-state index < -0.39 is 36.2 Å². The van der Waals surface area contributed by atoms with Crippen LogP contribution in [0.3, 0.4) is 0 Å². The normalized spacial score (nSPS) is 18.4. The van der Waals surface area contributed by atoms with E-state index in [1.807, 2.05) is 97.1 Å². The molecular formula is C67H101NO8. The highest BCUT2D eigenvalue weighted by Crippen LogP contribution is 2.33. The number of aliphatic hydroxyl groups is 1. The van der Waals surface area contributed by atoms with Gasteiger partial charge >= 0.3 is 0 Å². The van der Waals surface area contributed by atoms with Crippen molar-refractivity contribution in [2.45, 2.75) is 250 Å². The summed E-state index contributed by atoms with van der Waals surface area (Å²) in [6.45, 7) is 5.80. The number of carbonyl (C=O) groups is 1. The first-order valence-electron chi connectivity index (χ1n) is 30.3. The van der Waals surface area contributed by atoms with Crippen molar-refractivity contribution in [3.8, 4) is 0 Å². The zero-order valence-electron chi connectivity index (χ0n) is 47.3. The van der Waals surface area contributed by atoms with E-state index in [2.05, 4.69) is 43.4 Å². The number of hydrogen-bond donors (Lipinski definition) is 2. The van der Waals surface area contributed by atoms with Gasteiger partial charge in [-0.3, -0.25) is 4.79 Å². The van der Waals surface area contributed by atoms with E-state index in [0.29, 0.717) is 32.7 Å². The fourth-order valence-corrected chi connectivity index (χ4v) is 10.4. The molecule has 9 nitrogen and oxygen atoms in total. The van der Waals surface area contributed by atoms with Gasteiger partial charge in [-0.05, 0) is 35.1 Å². The van der Waals surface area contributed by atoms with Gasteiger partial charge in [-0.2, -0.15) is 0 Å². The Morgan fingerprint density at radius 1 is 0.461 bits per heavy atom. The second-order valence-corrected chi connectivity index (χ2v) is 21.8. The van der Waals surface area contributed by atoms with Gasteiger partial charge in [-0.1, -0.05) is 289 Å². The van der Waals surface area contributed by atoms with Crippen molar-refractivity contribution >= 4 is 5.91 Å². The first-order chi connectivity index (χ1) is 37.5. The average Bonchev–Trinajstić information content (AvgIpc) is 3.48. The highest BCUT2D eigenvalue weighted by atomic mass is 16.7. The van der Waals surface area contributed by atoms with Crippen molar-refractivity contribution in [3.05, 3.63) is 144 Å². The summed E-state index contributed by atoms with van der Waals surface area (Å²) in [5, 5.41) is 14.8. The Kier molecular flexibility index (Phi) is 33.3. The Morgan fingerprint density at radius 2 is 0.829 bits per heavy atom. The number of amides is 1. The topological polar surface area (TPSA) is 105 Å². The van der Waals surface area contributed by atoms with Crippen LogP contribution in [-0.4, -0.2) is 67.1 Å². The molecule has 4 aromatic carbocycles. The summed E-state index contributed by atoms with van der Waals surface area (Å²) in [7, 11) is 0. The van der Waals surface area contributed by atoms with E-state index in [9.17, 15) is 9.90 Å². The summed E-state index contributed by atoms with van der Waals surface area (Å²) in [4.78, 5) is 14.0. The average molecular weight is 1050 g/mol. The maximum absolute atomic E-state index is 14.0. The van der Waals surface area contributed by atoms with E-state index in [1.54, 1.807) is 0 Å². The lowest BCUT2D eigenvalue weighted by Crippen LogP contribution is -2.63. The van der Waals surface area contributed by atoms with Crippen LogP contribution >= 0.6 is 0 Å². The molecule has 1 aliphatic rings. The molecule has 0 aliphatic carbocycles. The highest BCUT2D eigenvalue weighted by molar-refractivity contribution is 5.76. The predicted molar refractivity (Wildman–Crippen MR) is 310 cm³/mol. The Balaban J connectivity index is 1.32. The van der Waals surface area contributed by atoms with Crippen LogP contribution in [0.5, 0.6) is 0 Å². The van der Waals surface area contributed by atoms with Gasteiger partial charge in [0, 0.05) is 6.42 Å². The van der Waals surface area contributed by atoms with Crippen LogP contribution in [0, 0.1) is 0 Å². The largest absolute Gasteiger partial charge is 0.394 e. The van der Waals surface area contributed by atoms with Crippen molar-refractivity contribution < 1.29 is 38.3 Å². The summed E-state index contributed by atoms with van der Waals surface area (Å²) in [5.41, 5.74) is 3.05. The second kappa shape index (κ2) is 40.3. The number of benzene rings is 4. The molecule has 5 rings (SSSR count). The first kappa shape index (κ1) is 62.9. The maximum atomic E-state index is 14.0. The van der Waals surface area contributed by atoms with Gasteiger partial charge in [-0.25, -0.2) is 0 Å². The number of rotatable bonds is 45. The number of unbranched alkanes of at least 4 members (excludes halogenated alkanes) is 23. The molecular weight excluding hydrogens is 947 g/mol. The second-order valence-electron chi connectivity index (χ2n) is 21.8. The zero-order valence-corrected chi connectivity index (χ0v) is 47.3. The Morgan fingerprint density at radius 3 is 1.25 bits per heavy atom. The molecule has 76 heavy (non-hydrogen) atoms. The van der Waals surface area contributed by atoms with Crippen molar-refractivity contribution in [2.24, 2.45) is 0 Å². The molecule has 0 bridgehead atoms. The lowest BCUT2D eigenvalue weighted by Gasteiger charge is -2.46. The highest BCUT2D eigenvalue weighted by Gasteiger charge is 2.50. The van der Waals surface area contributed by atoms with Crippen LogP contribution in [0.25, 0.3) is 0 Å². The Bertz CT molecular complexity index is 1970. The molecule has 0 radical (unpaired) electrons. The first-order valence-corrected chi connectivity index (χ1v) is 30.3.